The normalized spacial score (nSPS) is 18.1. The van der Waals surface area contributed by atoms with Crippen LogP contribution < -0.4 is 16.4 Å². The first kappa shape index (κ1) is 21.1. The zero-order valence-corrected chi connectivity index (χ0v) is 15.2. The molecule has 1 saturated carbocycles. The number of hydrogen-bond acceptors (Lipinski definition) is 6. The molecule has 0 bridgehead atoms. The molecule has 1 aliphatic rings. The molecule has 0 spiro atoms. The van der Waals surface area contributed by atoms with E-state index in [-0.39, 0.29) is 30.7 Å². The number of pyridine rings is 1. The highest BCUT2D eigenvalue weighted by Crippen LogP contribution is 2.34. The van der Waals surface area contributed by atoms with Crippen LogP contribution in [0.2, 0.25) is 0 Å². The molecule has 0 saturated heterocycles. The van der Waals surface area contributed by atoms with Gasteiger partial charge in [0.1, 0.15) is 12.1 Å². The molecule has 25 heavy (non-hydrogen) atoms. The van der Waals surface area contributed by atoms with E-state index in [9.17, 15) is 4.79 Å². The van der Waals surface area contributed by atoms with Crippen LogP contribution >= 0.6 is 24.8 Å². The molecule has 136 valence electrons. The third-order valence-corrected chi connectivity index (χ3v) is 3.92. The number of carbonyl (C=O) groups excluding carboxylic acids is 1. The van der Waals surface area contributed by atoms with Gasteiger partial charge in [-0.2, -0.15) is 0 Å². The third-order valence-electron chi connectivity index (χ3n) is 3.92. The van der Waals surface area contributed by atoms with E-state index in [4.69, 9.17) is 5.73 Å². The Morgan fingerprint density at radius 2 is 2.04 bits per heavy atom. The summed E-state index contributed by atoms with van der Waals surface area (Å²) >= 11 is 0. The summed E-state index contributed by atoms with van der Waals surface area (Å²) in [5.41, 5.74) is 7.40. The van der Waals surface area contributed by atoms with E-state index >= 15 is 0 Å². The minimum Gasteiger partial charge on any atom is -0.368 e. The number of amides is 1. The fourth-order valence-electron chi connectivity index (χ4n) is 2.56. The van der Waals surface area contributed by atoms with Crippen molar-refractivity contribution in [3.8, 4) is 0 Å². The van der Waals surface area contributed by atoms with Crippen LogP contribution in [0, 0.1) is 0 Å². The van der Waals surface area contributed by atoms with Crippen molar-refractivity contribution in [3.05, 3.63) is 48.2 Å². The number of nitrogens with one attached hydrogen (secondary N) is 2. The van der Waals surface area contributed by atoms with Crippen molar-refractivity contribution in [2.24, 2.45) is 5.73 Å². The van der Waals surface area contributed by atoms with Crippen LogP contribution in [-0.4, -0.2) is 40.0 Å². The molecule has 0 unspecified atom stereocenters. The molecule has 2 aromatic heterocycles. The van der Waals surface area contributed by atoms with E-state index in [1.54, 1.807) is 30.9 Å². The summed E-state index contributed by atoms with van der Waals surface area (Å²) in [7, 11) is 0. The lowest BCUT2D eigenvalue weighted by molar-refractivity contribution is 0.0955. The van der Waals surface area contributed by atoms with Crippen LogP contribution in [0.3, 0.4) is 0 Å². The number of hydrogen-bond donors (Lipinski definition) is 3. The fourth-order valence-corrected chi connectivity index (χ4v) is 2.56. The number of nitrogens with two attached hydrogens (primary N) is 1. The van der Waals surface area contributed by atoms with Gasteiger partial charge in [-0.3, -0.25) is 9.78 Å². The number of nitrogens with zero attached hydrogens (tertiary/aromatic N) is 3. The van der Waals surface area contributed by atoms with E-state index in [2.05, 4.69) is 25.6 Å². The molecule has 7 nitrogen and oxygen atoms in total. The van der Waals surface area contributed by atoms with Crippen molar-refractivity contribution in [2.45, 2.75) is 24.8 Å². The smallest absolute Gasteiger partial charge is 0.252 e. The Hall–Kier alpha value is -1.96. The molecule has 1 aliphatic carbocycles. The Kier molecular flexibility index (Phi) is 8.54. The van der Waals surface area contributed by atoms with Gasteiger partial charge in [0.25, 0.3) is 5.91 Å². The van der Waals surface area contributed by atoms with Gasteiger partial charge in [0.2, 0.25) is 0 Å². The highest BCUT2D eigenvalue weighted by atomic mass is 35.5. The number of aromatic nitrogens is 3. The molecule has 0 radical (unpaired) electrons. The first-order valence-corrected chi connectivity index (χ1v) is 7.72. The van der Waals surface area contributed by atoms with E-state index in [1.807, 2.05) is 6.07 Å². The van der Waals surface area contributed by atoms with Crippen LogP contribution in [0.5, 0.6) is 0 Å². The molecule has 4 N–H and O–H groups in total. The lowest BCUT2D eigenvalue weighted by atomic mass is 9.79. The average Bonchev–Trinajstić information content (AvgIpc) is 2.57. The van der Waals surface area contributed by atoms with E-state index in [0.29, 0.717) is 30.6 Å². The number of anilines is 1. The highest BCUT2D eigenvalue weighted by molar-refractivity contribution is 5.93. The quantitative estimate of drug-likeness (QED) is 0.655. The second kappa shape index (κ2) is 10.1. The van der Waals surface area contributed by atoms with Gasteiger partial charge < -0.3 is 16.4 Å². The predicted octanol–water partition coefficient (Wildman–Crippen LogP) is 1.76. The zero-order chi connectivity index (χ0) is 16.1. The monoisotopic (exact) mass is 384 g/mol. The van der Waals surface area contributed by atoms with Crippen molar-refractivity contribution in [3.63, 3.8) is 0 Å². The van der Waals surface area contributed by atoms with Crippen LogP contribution in [0.15, 0.2) is 36.9 Å². The maximum absolute atomic E-state index is 11.9. The summed E-state index contributed by atoms with van der Waals surface area (Å²) in [5, 5.41) is 6.03. The highest BCUT2D eigenvalue weighted by Gasteiger charge is 2.28. The summed E-state index contributed by atoms with van der Waals surface area (Å²) in [6, 6.07) is 5.73. The van der Waals surface area contributed by atoms with E-state index in [1.165, 1.54) is 0 Å². The van der Waals surface area contributed by atoms with Gasteiger partial charge in [-0.15, -0.1) is 24.8 Å². The molecule has 2 heterocycles. The minimum atomic E-state index is -0.133. The van der Waals surface area contributed by atoms with Gasteiger partial charge in [0, 0.05) is 49.2 Å². The van der Waals surface area contributed by atoms with Crippen LogP contribution in [0.25, 0.3) is 0 Å². The third kappa shape index (κ3) is 5.81. The largest absolute Gasteiger partial charge is 0.368 e. The van der Waals surface area contributed by atoms with Crippen molar-refractivity contribution in [2.75, 3.05) is 18.4 Å². The molecule has 0 atom stereocenters. The molecule has 1 fully saturated rings. The molecular weight excluding hydrogens is 363 g/mol. The first-order valence-electron chi connectivity index (χ1n) is 7.72. The molecule has 2 aromatic rings. The average molecular weight is 385 g/mol. The Balaban J connectivity index is 0.00000156. The molecule has 1 amide bonds. The summed E-state index contributed by atoms with van der Waals surface area (Å²) < 4.78 is 0. The van der Waals surface area contributed by atoms with E-state index < -0.39 is 0 Å². The number of halogens is 2. The van der Waals surface area contributed by atoms with Crippen molar-refractivity contribution >= 4 is 36.5 Å². The molecule has 3 rings (SSSR count). The Morgan fingerprint density at radius 3 is 2.72 bits per heavy atom. The second-order valence-electron chi connectivity index (χ2n) is 5.68. The topological polar surface area (TPSA) is 106 Å². The Labute approximate surface area is 159 Å². The summed E-state index contributed by atoms with van der Waals surface area (Å²) in [6.45, 7) is 1.09. The minimum absolute atomic E-state index is 0. The lowest BCUT2D eigenvalue weighted by Gasteiger charge is -2.31. The van der Waals surface area contributed by atoms with E-state index in [0.717, 1.165) is 24.4 Å². The first-order chi connectivity index (χ1) is 11.2. The van der Waals surface area contributed by atoms with Crippen molar-refractivity contribution in [1.29, 1.82) is 0 Å². The number of rotatable bonds is 6. The standard InChI is InChI=1S/C16H20N6O.2ClH/c17-13-6-12(7-13)14-8-15(22-10-21-14)19-4-5-20-16(23)11-2-1-3-18-9-11;;/h1-3,8-10,12-13H,4-7,17H2,(H,20,23)(H,19,21,22);2*1H. The predicted molar refractivity (Wildman–Crippen MR) is 102 cm³/mol. The molecule has 0 aliphatic heterocycles. The van der Waals surface area contributed by atoms with Crippen LogP contribution in [-0.2, 0) is 0 Å². The molecule has 0 aromatic carbocycles. The maximum Gasteiger partial charge on any atom is 0.252 e. The lowest BCUT2D eigenvalue weighted by Crippen LogP contribution is -2.35. The summed E-state index contributed by atoms with van der Waals surface area (Å²) in [4.78, 5) is 24.3. The summed E-state index contributed by atoms with van der Waals surface area (Å²) in [6.07, 6.45) is 6.72. The SMILES string of the molecule is Cl.Cl.NC1CC(c2cc(NCCNC(=O)c3cccnc3)ncn2)C1. The maximum atomic E-state index is 11.9. The molecular formula is C16H22Cl2N6O. The Bertz CT molecular complexity index is 667. The number of carbonyl (C=O) groups is 1. The second-order valence-corrected chi connectivity index (χ2v) is 5.68. The van der Waals surface area contributed by atoms with Gasteiger partial charge in [0.05, 0.1) is 5.56 Å². The van der Waals surface area contributed by atoms with Crippen molar-refractivity contribution < 1.29 is 4.79 Å². The van der Waals surface area contributed by atoms with Gasteiger partial charge in [-0.25, -0.2) is 9.97 Å². The van der Waals surface area contributed by atoms with Gasteiger partial charge in [0.15, 0.2) is 0 Å². The van der Waals surface area contributed by atoms with Gasteiger partial charge in [-0.1, -0.05) is 0 Å². The summed E-state index contributed by atoms with van der Waals surface area (Å²) in [5.74, 6) is 1.08. The fraction of sp³-hybridized carbons (Fsp3) is 0.375. The van der Waals surface area contributed by atoms with Gasteiger partial charge in [-0.05, 0) is 25.0 Å². The van der Waals surface area contributed by atoms with Gasteiger partial charge >= 0.3 is 0 Å². The Morgan fingerprint density at radius 1 is 1.24 bits per heavy atom. The van der Waals surface area contributed by atoms with Crippen LogP contribution in [0.1, 0.15) is 34.8 Å². The van der Waals surface area contributed by atoms with Crippen LogP contribution in [0.4, 0.5) is 5.82 Å². The van der Waals surface area contributed by atoms with Crippen molar-refractivity contribution in [1.82, 2.24) is 20.3 Å². The molecule has 9 heteroatoms. The zero-order valence-electron chi connectivity index (χ0n) is 13.6.